The standard InChI is InChI=1S/C28H50N2S/c1-6-20-18-22-24-13-12-21(10-9-17-29-26(31)30-19(2)3)27(24,4)16-14-25(22)28(5)15-8-7-11-23(20)28/h19-25H,6-18H2,1-5H3,(H2,29,30,31)/t20-,21?,22?,23?,24?,25-,27?,28?/m0/s1. The minimum absolute atomic E-state index is 0.415. The molecular weight excluding hydrogens is 396 g/mol. The van der Waals surface area contributed by atoms with Crippen molar-refractivity contribution in [2.24, 2.45) is 46.3 Å². The van der Waals surface area contributed by atoms with Gasteiger partial charge in [-0.15, -0.1) is 0 Å². The van der Waals surface area contributed by atoms with Gasteiger partial charge >= 0.3 is 0 Å². The Morgan fingerprint density at radius 3 is 2.48 bits per heavy atom. The van der Waals surface area contributed by atoms with E-state index in [4.69, 9.17) is 12.2 Å². The summed E-state index contributed by atoms with van der Waals surface area (Å²) in [6.45, 7) is 13.3. The summed E-state index contributed by atoms with van der Waals surface area (Å²) in [5, 5.41) is 7.58. The molecule has 0 radical (unpaired) electrons. The lowest BCUT2D eigenvalue weighted by Crippen LogP contribution is -2.55. The molecule has 0 bridgehead atoms. The van der Waals surface area contributed by atoms with Gasteiger partial charge in [0.05, 0.1) is 0 Å². The summed E-state index contributed by atoms with van der Waals surface area (Å²) >= 11 is 5.41. The van der Waals surface area contributed by atoms with Gasteiger partial charge in [0.2, 0.25) is 0 Å². The molecule has 6 unspecified atom stereocenters. The van der Waals surface area contributed by atoms with Gasteiger partial charge in [0.1, 0.15) is 0 Å². The molecule has 4 fully saturated rings. The van der Waals surface area contributed by atoms with E-state index in [0.717, 1.165) is 47.2 Å². The number of hydrogen-bond acceptors (Lipinski definition) is 1. The zero-order valence-electron chi connectivity index (χ0n) is 21.1. The topological polar surface area (TPSA) is 24.1 Å². The zero-order chi connectivity index (χ0) is 22.2. The first-order valence-corrected chi connectivity index (χ1v) is 14.2. The Bertz CT molecular complexity index is 633. The highest BCUT2D eigenvalue weighted by atomic mass is 32.1. The lowest BCUT2D eigenvalue weighted by atomic mass is 9.42. The number of nitrogens with one attached hydrogen (secondary N) is 2. The summed E-state index contributed by atoms with van der Waals surface area (Å²) in [7, 11) is 0. The number of fused-ring (bicyclic) bond motifs is 5. The Balaban J connectivity index is 1.39. The first-order chi connectivity index (χ1) is 14.8. The van der Waals surface area contributed by atoms with E-state index in [0.29, 0.717) is 16.9 Å². The van der Waals surface area contributed by atoms with Gasteiger partial charge in [0, 0.05) is 12.6 Å². The fourth-order valence-electron chi connectivity index (χ4n) is 9.47. The highest BCUT2D eigenvalue weighted by Crippen LogP contribution is 2.69. The van der Waals surface area contributed by atoms with Crippen molar-refractivity contribution in [3.8, 4) is 0 Å². The molecule has 178 valence electrons. The smallest absolute Gasteiger partial charge is 0.166 e. The summed E-state index contributed by atoms with van der Waals surface area (Å²) < 4.78 is 0. The number of thiocarbonyl (C=S) groups is 1. The molecule has 4 aliphatic carbocycles. The highest BCUT2D eigenvalue weighted by Gasteiger charge is 2.60. The molecule has 2 nitrogen and oxygen atoms in total. The van der Waals surface area contributed by atoms with Crippen molar-refractivity contribution in [3.05, 3.63) is 0 Å². The van der Waals surface area contributed by atoms with Gasteiger partial charge in [-0.05, 0) is 130 Å². The molecule has 0 aromatic rings. The van der Waals surface area contributed by atoms with Crippen LogP contribution >= 0.6 is 12.2 Å². The second kappa shape index (κ2) is 9.51. The van der Waals surface area contributed by atoms with Crippen molar-refractivity contribution in [1.29, 1.82) is 0 Å². The molecule has 0 aliphatic heterocycles. The van der Waals surface area contributed by atoms with E-state index in [1.54, 1.807) is 6.42 Å². The van der Waals surface area contributed by atoms with Crippen LogP contribution in [0, 0.1) is 46.3 Å². The summed E-state index contributed by atoms with van der Waals surface area (Å²) in [6, 6.07) is 0.415. The van der Waals surface area contributed by atoms with Crippen LogP contribution in [0.2, 0.25) is 0 Å². The molecule has 0 amide bonds. The van der Waals surface area contributed by atoms with Crippen LogP contribution in [0.4, 0.5) is 0 Å². The number of hydrogen-bond donors (Lipinski definition) is 2. The molecule has 0 aromatic carbocycles. The largest absolute Gasteiger partial charge is 0.363 e. The third-order valence-electron chi connectivity index (χ3n) is 10.9. The van der Waals surface area contributed by atoms with Crippen molar-refractivity contribution in [2.45, 2.75) is 118 Å². The number of rotatable bonds is 6. The van der Waals surface area contributed by atoms with E-state index < -0.39 is 0 Å². The third kappa shape index (κ3) is 4.43. The molecule has 4 aliphatic rings. The maximum absolute atomic E-state index is 5.41. The summed E-state index contributed by atoms with van der Waals surface area (Å²) in [4.78, 5) is 0. The lowest BCUT2D eigenvalue weighted by Gasteiger charge is -2.62. The predicted octanol–water partition coefficient (Wildman–Crippen LogP) is 7.32. The summed E-state index contributed by atoms with van der Waals surface area (Å²) in [5.74, 6) is 6.02. The molecule has 31 heavy (non-hydrogen) atoms. The molecule has 8 atom stereocenters. The Hall–Kier alpha value is -0.310. The van der Waals surface area contributed by atoms with Gasteiger partial charge in [-0.3, -0.25) is 0 Å². The third-order valence-corrected chi connectivity index (χ3v) is 11.2. The van der Waals surface area contributed by atoms with E-state index in [2.05, 4.69) is 45.3 Å². The maximum Gasteiger partial charge on any atom is 0.166 e. The minimum Gasteiger partial charge on any atom is -0.363 e. The van der Waals surface area contributed by atoms with Gasteiger partial charge in [0.25, 0.3) is 0 Å². The average Bonchev–Trinajstić information content (AvgIpc) is 3.06. The van der Waals surface area contributed by atoms with Crippen LogP contribution in [-0.4, -0.2) is 17.7 Å². The Morgan fingerprint density at radius 1 is 0.968 bits per heavy atom. The van der Waals surface area contributed by atoms with Crippen LogP contribution in [0.15, 0.2) is 0 Å². The van der Waals surface area contributed by atoms with Crippen molar-refractivity contribution >= 4 is 17.3 Å². The normalized spacial score (nSPS) is 44.3. The van der Waals surface area contributed by atoms with Gasteiger partial charge in [-0.1, -0.05) is 40.0 Å². The molecule has 0 saturated heterocycles. The van der Waals surface area contributed by atoms with Crippen LogP contribution in [-0.2, 0) is 0 Å². The fraction of sp³-hybridized carbons (Fsp3) is 0.964. The molecule has 4 rings (SSSR count). The van der Waals surface area contributed by atoms with E-state index in [1.807, 2.05) is 0 Å². The van der Waals surface area contributed by atoms with Gasteiger partial charge < -0.3 is 10.6 Å². The van der Waals surface area contributed by atoms with Crippen LogP contribution < -0.4 is 10.6 Å². The van der Waals surface area contributed by atoms with Crippen molar-refractivity contribution in [1.82, 2.24) is 10.6 Å². The van der Waals surface area contributed by atoms with E-state index >= 15 is 0 Å². The Kier molecular flexibility index (Phi) is 7.31. The van der Waals surface area contributed by atoms with Crippen molar-refractivity contribution < 1.29 is 0 Å². The molecule has 0 aromatic heterocycles. The zero-order valence-corrected chi connectivity index (χ0v) is 22.0. The highest BCUT2D eigenvalue weighted by molar-refractivity contribution is 7.80. The van der Waals surface area contributed by atoms with Gasteiger partial charge in [0.15, 0.2) is 5.11 Å². The SMILES string of the molecule is CC[C@H]1CC2C3CCC(CCCNC(=S)NC(C)C)C3(C)CC[C@@H]2C2(C)CCCCC12. The summed E-state index contributed by atoms with van der Waals surface area (Å²) in [5.41, 5.74) is 1.26. The van der Waals surface area contributed by atoms with Gasteiger partial charge in [-0.25, -0.2) is 0 Å². The molecule has 2 N–H and O–H groups in total. The maximum atomic E-state index is 5.41. The van der Waals surface area contributed by atoms with E-state index in [1.165, 1.54) is 70.6 Å². The molecule has 0 heterocycles. The van der Waals surface area contributed by atoms with Crippen LogP contribution in [0.25, 0.3) is 0 Å². The Morgan fingerprint density at radius 2 is 1.74 bits per heavy atom. The first-order valence-electron chi connectivity index (χ1n) is 13.8. The quantitative estimate of drug-likeness (QED) is 0.330. The van der Waals surface area contributed by atoms with E-state index in [-0.39, 0.29) is 0 Å². The average molecular weight is 447 g/mol. The predicted molar refractivity (Wildman–Crippen MR) is 137 cm³/mol. The second-order valence-electron chi connectivity index (χ2n) is 12.7. The molecule has 0 spiro atoms. The summed E-state index contributed by atoms with van der Waals surface area (Å²) in [6.07, 6.45) is 17.7. The van der Waals surface area contributed by atoms with Crippen molar-refractivity contribution in [3.63, 3.8) is 0 Å². The second-order valence-corrected chi connectivity index (χ2v) is 13.1. The lowest BCUT2D eigenvalue weighted by molar-refractivity contribution is -0.135. The van der Waals surface area contributed by atoms with Crippen molar-refractivity contribution in [2.75, 3.05) is 6.54 Å². The minimum atomic E-state index is 0.415. The fourth-order valence-corrected chi connectivity index (χ4v) is 9.80. The molecule has 3 heteroatoms. The van der Waals surface area contributed by atoms with E-state index in [9.17, 15) is 0 Å². The first kappa shape index (κ1) is 23.8. The molecule has 4 saturated carbocycles. The monoisotopic (exact) mass is 446 g/mol. The van der Waals surface area contributed by atoms with Crippen LogP contribution in [0.5, 0.6) is 0 Å². The van der Waals surface area contributed by atoms with Gasteiger partial charge in [-0.2, -0.15) is 0 Å². The molecular formula is C28H50N2S. The van der Waals surface area contributed by atoms with Crippen LogP contribution in [0.1, 0.15) is 112 Å². The van der Waals surface area contributed by atoms with Crippen LogP contribution in [0.3, 0.4) is 0 Å². The Labute approximate surface area is 198 Å².